The molecule has 1 aliphatic rings. The quantitative estimate of drug-likeness (QED) is 0.745. The molecule has 7 heteroatoms. The molecule has 2 heterocycles. The van der Waals surface area contributed by atoms with E-state index in [2.05, 4.69) is 26.8 Å². The minimum Gasteiger partial charge on any atom is -0.371 e. The van der Waals surface area contributed by atoms with Gasteiger partial charge in [-0.3, -0.25) is 9.59 Å². The summed E-state index contributed by atoms with van der Waals surface area (Å²) in [5.74, 6) is -0.635. The summed E-state index contributed by atoms with van der Waals surface area (Å²) in [6, 6.07) is 8.71. The molecule has 27 heavy (non-hydrogen) atoms. The van der Waals surface area contributed by atoms with Gasteiger partial charge in [0, 0.05) is 30.5 Å². The number of benzene rings is 1. The van der Waals surface area contributed by atoms with E-state index in [-0.39, 0.29) is 11.6 Å². The zero-order valence-corrected chi connectivity index (χ0v) is 15.6. The van der Waals surface area contributed by atoms with Crippen molar-refractivity contribution < 1.29 is 14.1 Å². The van der Waals surface area contributed by atoms with E-state index in [4.69, 9.17) is 4.52 Å². The van der Waals surface area contributed by atoms with Crippen molar-refractivity contribution in [2.45, 2.75) is 45.1 Å². The number of hydrogen-bond donors (Lipinski definition) is 2. The summed E-state index contributed by atoms with van der Waals surface area (Å²) in [6.45, 7) is 4.14. The first-order valence-electron chi connectivity index (χ1n) is 9.54. The molecule has 0 spiro atoms. The standard InChI is InChI=1S/C20H26N4O3/c1-2-3-9-17(22-20(26)18-10-13-27-23-18)19(25)21-15-7-6-8-16(14-15)24-11-4-5-12-24/h6-8,10,13-14,17H,2-5,9,11-12H2,1H3,(H,21,25)(H,22,26). The molecule has 1 atom stereocenters. The third-order valence-electron chi connectivity index (χ3n) is 4.72. The second-order valence-electron chi connectivity index (χ2n) is 6.79. The van der Waals surface area contributed by atoms with Gasteiger partial charge < -0.3 is 20.1 Å². The molecule has 2 N–H and O–H groups in total. The van der Waals surface area contributed by atoms with Gasteiger partial charge >= 0.3 is 0 Å². The number of unbranched alkanes of at least 4 members (excludes halogenated alkanes) is 1. The van der Waals surface area contributed by atoms with Crippen molar-refractivity contribution in [3.63, 3.8) is 0 Å². The van der Waals surface area contributed by atoms with Gasteiger partial charge in [0.25, 0.3) is 5.91 Å². The molecule has 0 radical (unpaired) electrons. The molecule has 1 saturated heterocycles. The first kappa shape index (κ1) is 18.9. The number of nitrogens with zero attached hydrogens (tertiary/aromatic N) is 2. The molecule has 1 aromatic heterocycles. The number of rotatable bonds is 8. The van der Waals surface area contributed by atoms with Crippen LogP contribution in [0.2, 0.25) is 0 Å². The highest BCUT2D eigenvalue weighted by molar-refractivity contribution is 6.00. The van der Waals surface area contributed by atoms with Crippen LogP contribution in [0.3, 0.4) is 0 Å². The molecule has 1 aliphatic heterocycles. The highest BCUT2D eigenvalue weighted by atomic mass is 16.5. The molecule has 2 aromatic rings. The molecule has 0 saturated carbocycles. The van der Waals surface area contributed by atoms with E-state index in [1.54, 1.807) is 0 Å². The molecule has 1 aromatic carbocycles. The molecule has 2 amide bonds. The largest absolute Gasteiger partial charge is 0.371 e. The van der Waals surface area contributed by atoms with E-state index in [0.717, 1.165) is 37.3 Å². The van der Waals surface area contributed by atoms with Gasteiger partial charge in [0.2, 0.25) is 5.91 Å². The summed E-state index contributed by atoms with van der Waals surface area (Å²) in [5, 5.41) is 9.33. The smallest absolute Gasteiger partial charge is 0.274 e. The second kappa shape index (κ2) is 9.21. The highest BCUT2D eigenvalue weighted by Gasteiger charge is 2.22. The normalized spacial score (nSPS) is 14.8. The zero-order valence-electron chi connectivity index (χ0n) is 15.6. The van der Waals surface area contributed by atoms with Gasteiger partial charge in [-0.2, -0.15) is 0 Å². The fraction of sp³-hybridized carbons (Fsp3) is 0.450. The topological polar surface area (TPSA) is 87.5 Å². The van der Waals surface area contributed by atoms with Crippen LogP contribution >= 0.6 is 0 Å². The third kappa shape index (κ3) is 5.09. The van der Waals surface area contributed by atoms with Crippen LogP contribution in [-0.4, -0.2) is 36.1 Å². The first-order chi connectivity index (χ1) is 13.2. The van der Waals surface area contributed by atoms with Crippen molar-refractivity contribution in [1.82, 2.24) is 10.5 Å². The Morgan fingerprint density at radius 1 is 1.26 bits per heavy atom. The Hall–Kier alpha value is -2.83. The highest BCUT2D eigenvalue weighted by Crippen LogP contribution is 2.23. The molecule has 0 bridgehead atoms. The summed E-state index contributed by atoms with van der Waals surface area (Å²) < 4.78 is 4.70. The SMILES string of the molecule is CCCCC(NC(=O)c1ccon1)C(=O)Nc1cccc(N2CCCC2)c1. The maximum atomic E-state index is 12.8. The van der Waals surface area contributed by atoms with E-state index in [9.17, 15) is 9.59 Å². The number of nitrogens with one attached hydrogen (secondary N) is 2. The zero-order chi connectivity index (χ0) is 19.1. The van der Waals surface area contributed by atoms with Gasteiger partial charge in [-0.05, 0) is 37.5 Å². The van der Waals surface area contributed by atoms with Crippen molar-refractivity contribution in [3.05, 3.63) is 42.3 Å². The molecule has 1 fully saturated rings. The van der Waals surface area contributed by atoms with Crippen LogP contribution in [0, 0.1) is 0 Å². The van der Waals surface area contributed by atoms with E-state index >= 15 is 0 Å². The van der Waals surface area contributed by atoms with Gasteiger partial charge in [-0.25, -0.2) is 0 Å². The summed E-state index contributed by atoms with van der Waals surface area (Å²) in [4.78, 5) is 27.3. The summed E-state index contributed by atoms with van der Waals surface area (Å²) in [6.07, 6.45) is 6.07. The molecule has 144 valence electrons. The van der Waals surface area contributed by atoms with Crippen LogP contribution in [0.4, 0.5) is 11.4 Å². The number of amides is 2. The minimum absolute atomic E-state index is 0.167. The Morgan fingerprint density at radius 2 is 2.07 bits per heavy atom. The molecular formula is C20H26N4O3. The van der Waals surface area contributed by atoms with E-state index in [1.165, 1.54) is 25.2 Å². The lowest BCUT2D eigenvalue weighted by molar-refractivity contribution is -0.118. The summed E-state index contributed by atoms with van der Waals surface area (Å²) >= 11 is 0. The molecule has 7 nitrogen and oxygen atoms in total. The Balaban J connectivity index is 1.66. The van der Waals surface area contributed by atoms with Crippen molar-refractivity contribution in [3.8, 4) is 0 Å². The Kier molecular flexibility index (Phi) is 6.46. The minimum atomic E-state index is -0.621. The van der Waals surface area contributed by atoms with Crippen LogP contribution in [-0.2, 0) is 4.79 Å². The molecule has 3 rings (SSSR count). The van der Waals surface area contributed by atoms with Gasteiger partial charge in [-0.1, -0.05) is 31.0 Å². The van der Waals surface area contributed by atoms with E-state index in [1.807, 2.05) is 25.1 Å². The Bertz CT molecular complexity index is 754. The van der Waals surface area contributed by atoms with Crippen molar-refractivity contribution in [1.29, 1.82) is 0 Å². The Morgan fingerprint density at radius 3 is 2.78 bits per heavy atom. The van der Waals surface area contributed by atoms with Gasteiger partial charge in [0.15, 0.2) is 5.69 Å². The number of carbonyl (C=O) groups excluding carboxylic acids is 2. The predicted molar refractivity (Wildman–Crippen MR) is 104 cm³/mol. The van der Waals surface area contributed by atoms with Gasteiger partial charge in [0.1, 0.15) is 12.3 Å². The first-order valence-corrected chi connectivity index (χ1v) is 9.54. The number of anilines is 2. The van der Waals surface area contributed by atoms with Gasteiger partial charge in [-0.15, -0.1) is 0 Å². The fourth-order valence-electron chi connectivity index (χ4n) is 3.22. The lowest BCUT2D eigenvalue weighted by Crippen LogP contribution is -2.43. The lowest BCUT2D eigenvalue weighted by atomic mass is 10.1. The maximum absolute atomic E-state index is 12.8. The van der Waals surface area contributed by atoms with Crippen molar-refractivity contribution in [2.75, 3.05) is 23.3 Å². The van der Waals surface area contributed by atoms with Crippen molar-refractivity contribution >= 4 is 23.2 Å². The van der Waals surface area contributed by atoms with Gasteiger partial charge in [0.05, 0.1) is 0 Å². The van der Waals surface area contributed by atoms with E-state index in [0.29, 0.717) is 6.42 Å². The fourth-order valence-corrected chi connectivity index (χ4v) is 3.22. The van der Waals surface area contributed by atoms with E-state index < -0.39 is 11.9 Å². The number of carbonyl (C=O) groups is 2. The maximum Gasteiger partial charge on any atom is 0.274 e. The molecule has 1 unspecified atom stereocenters. The summed E-state index contributed by atoms with van der Waals surface area (Å²) in [5.41, 5.74) is 2.02. The van der Waals surface area contributed by atoms with Crippen LogP contribution < -0.4 is 15.5 Å². The second-order valence-corrected chi connectivity index (χ2v) is 6.79. The monoisotopic (exact) mass is 370 g/mol. The average Bonchev–Trinajstić information content (AvgIpc) is 3.39. The Labute approximate surface area is 159 Å². The third-order valence-corrected chi connectivity index (χ3v) is 4.72. The molecular weight excluding hydrogens is 344 g/mol. The van der Waals surface area contributed by atoms with Crippen LogP contribution in [0.1, 0.15) is 49.5 Å². The van der Waals surface area contributed by atoms with Crippen molar-refractivity contribution in [2.24, 2.45) is 0 Å². The number of aromatic nitrogens is 1. The van der Waals surface area contributed by atoms with Crippen LogP contribution in [0.15, 0.2) is 41.1 Å². The van der Waals surface area contributed by atoms with Crippen LogP contribution in [0.25, 0.3) is 0 Å². The average molecular weight is 370 g/mol. The number of hydrogen-bond acceptors (Lipinski definition) is 5. The molecule has 0 aliphatic carbocycles. The lowest BCUT2D eigenvalue weighted by Gasteiger charge is -2.20. The predicted octanol–water partition coefficient (Wildman–Crippen LogP) is 3.20. The van der Waals surface area contributed by atoms with Crippen LogP contribution in [0.5, 0.6) is 0 Å². The summed E-state index contributed by atoms with van der Waals surface area (Å²) in [7, 11) is 0.